The minimum Gasteiger partial charge on any atom is -0.462 e. The standard InChI is InChI=1S/C17H25N3O3/c1-12(2)14-11-13-3-10-23-17(22)15(13)16(18-14)20-6-4-19(5-7-20)8-9-21/h11-12,21H,3-10H2,1-2H3. The Morgan fingerprint density at radius 1 is 1.30 bits per heavy atom. The van der Waals surface area contributed by atoms with Crippen LogP contribution in [0.4, 0.5) is 5.82 Å². The van der Waals surface area contributed by atoms with Gasteiger partial charge in [-0.15, -0.1) is 0 Å². The number of ether oxygens (including phenoxy) is 1. The molecule has 1 aromatic rings. The molecule has 6 heteroatoms. The van der Waals surface area contributed by atoms with Crippen molar-refractivity contribution in [3.63, 3.8) is 0 Å². The SMILES string of the molecule is CC(C)c1cc2c(c(N3CCN(CCO)CC3)n1)C(=O)OCC2. The number of aliphatic hydroxyl groups is 1. The fourth-order valence-corrected chi connectivity index (χ4v) is 3.20. The first-order valence-electron chi connectivity index (χ1n) is 8.39. The van der Waals surface area contributed by atoms with E-state index in [1.165, 1.54) is 0 Å². The second kappa shape index (κ2) is 6.84. The average Bonchev–Trinajstić information content (AvgIpc) is 2.55. The number of fused-ring (bicyclic) bond motifs is 1. The molecule has 0 unspecified atom stereocenters. The molecule has 2 aliphatic rings. The molecule has 0 spiro atoms. The minimum atomic E-state index is -0.248. The number of rotatable bonds is 4. The highest BCUT2D eigenvalue weighted by Gasteiger charge is 2.29. The number of pyridine rings is 1. The van der Waals surface area contributed by atoms with Crippen molar-refractivity contribution in [2.24, 2.45) is 0 Å². The van der Waals surface area contributed by atoms with Crippen LogP contribution in [0, 0.1) is 0 Å². The van der Waals surface area contributed by atoms with Crippen molar-refractivity contribution >= 4 is 11.8 Å². The van der Waals surface area contributed by atoms with Crippen LogP contribution < -0.4 is 4.90 Å². The van der Waals surface area contributed by atoms with Gasteiger partial charge >= 0.3 is 5.97 Å². The highest BCUT2D eigenvalue weighted by atomic mass is 16.5. The number of carbonyl (C=O) groups excluding carboxylic acids is 1. The van der Waals surface area contributed by atoms with Crippen LogP contribution in [-0.2, 0) is 11.2 Å². The molecule has 2 aliphatic heterocycles. The molecule has 1 saturated heterocycles. The van der Waals surface area contributed by atoms with Crippen molar-refractivity contribution in [2.45, 2.75) is 26.2 Å². The Morgan fingerprint density at radius 2 is 2.04 bits per heavy atom. The molecule has 23 heavy (non-hydrogen) atoms. The number of hydrogen-bond donors (Lipinski definition) is 1. The molecular formula is C17H25N3O3. The molecule has 0 bridgehead atoms. The first-order valence-corrected chi connectivity index (χ1v) is 8.39. The first kappa shape index (κ1) is 16.2. The molecule has 1 aromatic heterocycles. The van der Waals surface area contributed by atoms with Crippen molar-refractivity contribution < 1.29 is 14.6 Å². The molecule has 0 atom stereocenters. The number of aliphatic hydroxyl groups excluding tert-OH is 1. The summed E-state index contributed by atoms with van der Waals surface area (Å²) >= 11 is 0. The number of esters is 1. The van der Waals surface area contributed by atoms with Crippen LogP contribution in [0.2, 0.25) is 0 Å². The van der Waals surface area contributed by atoms with Crippen molar-refractivity contribution in [3.8, 4) is 0 Å². The van der Waals surface area contributed by atoms with Crippen molar-refractivity contribution in [2.75, 3.05) is 50.8 Å². The summed E-state index contributed by atoms with van der Waals surface area (Å²) in [6.07, 6.45) is 0.765. The van der Waals surface area contributed by atoms with Gasteiger partial charge in [0.1, 0.15) is 11.4 Å². The maximum absolute atomic E-state index is 12.3. The third-order valence-electron chi connectivity index (χ3n) is 4.59. The van der Waals surface area contributed by atoms with Crippen LogP contribution in [-0.4, -0.2) is 66.9 Å². The van der Waals surface area contributed by atoms with Crippen LogP contribution >= 0.6 is 0 Å². The van der Waals surface area contributed by atoms with Gasteiger partial charge in [0.05, 0.1) is 13.2 Å². The number of nitrogens with zero attached hydrogens (tertiary/aromatic N) is 3. The summed E-state index contributed by atoms with van der Waals surface area (Å²) in [6.45, 7) is 8.96. The van der Waals surface area contributed by atoms with Crippen molar-refractivity contribution in [3.05, 3.63) is 22.9 Å². The van der Waals surface area contributed by atoms with Gasteiger partial charge in [0.2, 0.25) is 0 Å². The average molecular weight is 319 g/mol. The Kier molecular flexibility index (Phi) is 4.82. The van der Waals surface area contributed by atoms with Gasteiger partial charge in [0.25, 0.3) is 0 Å². The zero-order chi connectivity index (χ0) is 16.4. The van der Waals surface area contributed by atoms with Crippen LogP contribution in [0.3, 0.4) is 0 Å². The highest BCUT2D eigenvalue weighted by Crippen LogP contribution is 2.30. The van der Waals surface area contributed by atoms with E-state index in [-0.39, 0.29) is 12.6 Å². The molecule has 0 aliphatic carbocycles. The molecule has 0 saturated carbocycles. The van der Waals surface area contributed by atoms with E-state index in [0.29, 0.717) is 24.6 Å². The van der Waals surface area contributed by atoms with Crippen LogP contribution in [0.5, 0.6) is 0 Å². The maximum atomic E-state index is 12.3. The molecule has 6 nitrogen and oxygen atoms in total. The van der Waals surface area contributed by atoms with E-state index in [1.54, 1.807) is 0 Å². The molecule has 3 heterocycles. The summed E-state index contributed by atoms with van der Waals surface area (Å²) in [4.78, 5) is 21.5. The second-order valence-electron chi connectivity index (χ2n) is 6.50. The molecule has 0 radical (unpaired) electrons. The van der Waals surface area contributed by atoms with Gasteiger partial charge in [0, 0.05) is 44.8 Å². The summed E-state index contributed by atoms with van der Waals surface area (Å²) in [6, 6.07) is 2.06. The lowest BCUT2D eigenvalue weighted by molar-refractivity contribution is 0.0480. The predicted octanol–water partition coefficient (Wildman–Crippen LogP) is 1.03. The van der Waals surface area contributed by atoms with Gasteiger partial charge in [-0.1, -0.05) is 13.8 Å². The van der Waals surface area contributed by atoms with Gasteiger partial charge < -0.3 is 14.7 Å². The Balaban J connectivity index is 1.91. The van der Waals surface area contributed by atoms with Crippen LogP contribution in [0.1, 0.15) is 41.4 Å². The molecule has 3 rings (SSSR count). The van der Waals surface area contributed by atoms with Gasteiger partial charge in [0.15, 0.2) is 0 Å². The van der Waals surface area contributed by atoms with Gasteiger partial charge in [-0.2, -0.15) is 0 Å². The summed E-state index contributed by atoms with van der Waals surface area (Å²) in [7, 11) is 0. The van der Waals surface area contributed by atoms with E-state index >= 15 is 0 Å². The zero-order valence-corrected chi connectivity index (χ0v) is 13.9. The van der Waals surface area contributed by atoms with E-state index in [9.17, 15) is 4.79 Å². The first-order chi connectivity index (χ1) is 11.1. The lowest BCUT2D eigenvalue weighted by Gasteiger charge is -2.36. The lowest BCUT2D eigenvalue weighted by Crippen LogP contribution is -2.48. The van der Waals surface area contributed by atoms with E-state index in [4.69, 9.17) is 14.8 Å². The monoisotopic (exact) mass is 319 g/mol. The summed E-state index contributed by atoms with van der Waals surface area (Å²) in [5.74, 6) is 0.856. The molecular weight excluding hydrogens is 294 g/mol. The number of cyclic esters (lactones) is 1. The number of piperazine rings is 1. The quantitative estimate of drug-likeness (QED) is 0.836. The molecule has 0 amide bonds. The largest absolute Gasteiger partial charge is 0.462 e. The van der Waals surface area contributed by atoms with Crippen molar-refractivity contribution in [1.82, 2.24) is 9.88 Å². The predicted molar refractivity (Wildman–Crippen MR) is 88.1 cm³/mol. The maximum Gasteiger partial charge on any atom is 0.342 e. The summed E-state index contributed by atoms with van der Waals surface area (Å²) in [5.41, 5.74) is 2.75. The van der Waals surface area contributed by atoms with Crippen molar-refractivity contribution in [1.29, 1.82) is 0 Å². The van der Waals surface area contributed by atoms with E-state index in [1.807, 2.05) is 0 Å². The fraction of sp³-hybridized carbons (Fsp3) is 0.647. The van der Waals surface area contributed by atoms with Gasteiger partial charge in [-0.05, 0) is 17.5 Å². The van der Waals surface area contributed by atoms with E-state index < -0.39 is 0 Å². The summed E-state index contributed by atoms with van der Waals surface area (Å²) < 4.78 is 5.25. The Bertz CT molecular complexity index is 581. The van der Waals surface area contributed by atoms with Crippen LogP contribution in [0.15, 0.2) is 6.07 Å². The molecule has 0 aromatic carbocycles. The Morgan fingerprint density at radius 3 is 2.70 bits per heavy atom. The third-order valence-corrected chi connectivity index (χ3v) is 4.59. The van der Waals surface area contributed by atoms with E-state index in [2.05, 4.69) is 29.7 Å². The third kappa shape index (κ3) is 3.33. The summed E-state index contributed by atoms with van der Waals surface area (Å²) in [5, 5.41) is 9.06. The van der Waals surface area contributed by atoms with Gasteiger partial charge in [-0.25, -0.2) is 9.78 Å². The number of β-amino-alcohol motifs (C(OH)–C–C–N with tert-alkyl or cyclic N) is 1. The Labute approximate surface area is 137 Å². The Hall–Kier alpha value is -1.66. The smallest absolute Gasteiger partial charge is 0.342 e. The normalized spacial score (nSPS) is 19.0. The topological polar surface area (TPSA) is 65.9 Å². The minimum absolute atomic E-state index is 0.183. The molecule has 126 valence electrons. The van der Waals surface area contributed by atoms with Crippen LogP contribution in [0.25, 0.3) is 0 Å². The fourth-order valence-electron chi connectivity index (χ4n) is 3.20. The molecule has 1 fully saturated rings. The number of anilines is 1. The second-order valence-corrected chi connectivity index (χ2v) is 6.50. The highest BCUT2D eigenvalue weighted by molar-refractivity contribution is 5.97. The molecule has 1 N–H and O–H groups in total. The zero-order valence-electron chi connectivity index (χ0n) is 13.9. The number of hydrogen-bond acceptors (Lipinski definition) is 6. The number of carbonyl (C=O) groups is 1. The lowest BCUT2D eigenvalue weighted by atomic mass is 9.98. The number of aromatic nitrogens is 1. The van der Waals surface area contributed by atoms with Gasteiger partial charge in [-0.3, -0.25) is 4.90 Å². The van der Waals surface area contributed by atoms with E-state index in [0.717, 1.165) is 49.7 Å².